The van der Waals surface area contributed by atoms with Gasteiger partial charge in [-0.15, -0.1) is 0 Å². The van der Waals surface area contributed by atoms with Crippen LogP contribution in [0, 0.1) is 5.82 Å². The zero-order chi connectivity index (χ0) is 20.9. The maximum atomic E-state index is 13.2. The lowest BCUT2D eigenvalue weighted by Gasteiger charge is -2.37. The van der Waals surface area contributed by atoms with E-state index in [1.165, 1.54) is 36.1 Å². The van der Waals surface area contributed by atoms with Crippen molar-refractivity contribution in [3.8, 4) is 11.1 Å². The third-order valence-corrected chi connectivity index (χ3v) is 6.42. The minimum absolute atomic E-state index is 0.205. The molecule has 1 heterocycles. The lowest BCUT2D eigenvalue weighted by molar-refractivity contribution is 0.108. The highest BCUT2D eigenvalue weighted by molar-refractivity contribution is 6.31. The fraction of sp³-hybridized carbons (Fsp3) is 0.308. The molecule has 0 aromatic heterocycles. The van der Waals surface area contributed by atoms with E-state index in [0.717, 1.165) is 42.3 Å². The normalized spacial score (nSPS) is 15.6. The molecular weight excluding hydrogens is 395 g/mol. The van der Waals surface area contributed by atoms with Gasteiger partial charge in [0.1, 0.15) is 5.82 Å². The average Bonchev–Trinajstić information content (AvgIpc) is 2.76. The molecule has 4 heteroatoms. The molecule has 30 heavy (non-hydrogen) atoms. The van der Waals surface area contributed by atoms with Gasteiger partial charge in [0.2, 0.25) is 0 Å². The van der Waals surface area contributed by atoms with Gasteiger partial charge in [-0.2, -0.15) is 0 Å². The summed E-state index contributed by atoms with van der Waals surface area (Å²) in [6.45, 7) is 4.01. The van der Waals surface area contributed by atoms with E-state index in [1.54, 1.807) is 0 Å². The van der Waals surface area contributed by atoms with Gasteiger partial charge in [0.05, 0.1) is 0 Å². The largest absolute Gasteiger partial charge is 0.306 e. The molecule has 1 aliphatic heterocycles. The average molecular weight is 423 g/mol. The van der Waals surface area contributed by atoms with Crippen LogP contribution in [0.3, 0.4) is 0 Å². The second-order valence-electron chi connectivity index (χ2n) is 8.23. The maximum Gasteiger partial charge on any atom is 0.123 e. The molecule has 3 aromatic rings. The van der Waals surface area contributed by atoms with Crippen molar-refractivity contribution in [3.63, 3.8) is 0 Å². The molecule has 3 aromatic carbocycles. The van der Waals surface area contributed by atoms with Crippen LogP contribution in [0.4, 0.5) is 4.39 Å². The molecule has 4 rings (SSSR count). The minimum Gasteiger partial charge on any atom is -0.306 e. The number of hydrogen-bond acceptors (Lipinski definition) is 2. The summed E-state index contributed by atoms with van der Waals surface area (Å²) in [5, 5.41) is 0.835. The second-order valence-corrected chi connectivity index (χ2v) is 8.64. The summed E-state index contributed by atoms with van der Waals surface area (Å²) in [6.07, 6.45) is 2.35. The quantitative estimate of drug-likeness (QED) is 0.463. The highest BCUT2D eigenvalue weighted by Gasteiger charge is 2.24. The van der Waals surface area contributed by atoms with E-state index in [1.807, 2.05) is 24.3 Å². The molecule has 0 spiro atoms. The summed E-state index contributed by atoms with van der Waals surface area (Å²) in [5.74, 6) is -0.205. The third kappa shape index (κ3) is 5.28. The summed E-state index contributed by atoms with van der Waals surface area (Å²) in [5.41, 5.74) is 4.61. The van der Waals surface area contributed by atoms with Crippen LogP contribution in [-0.2, 0) is 13.1 Å². The van der Waals surface area contributed by atoms with Crippen LogP contribution in [0.5, 0.6) is 0 Å². The Bertz CT molecular complexity index is 948. The Morgan fingerprint density at radius 2 is 1.47 bits per heavy atom. The highest BCUT2D eigenvalue weighted by Crippen LogP contribution is 2.25. The van der Waals surface area contributed by atoms with Crippen LogP contribution < -0.4 is 0 Å². The van der Waals surface area contributed by atoms with Crippen LogP contribution in [0.2, 0.25) is 5.02 Å². The molecule has 0 radical (unpaired) electrons. The van der Waals surface area contributed by atoms with Crippen molar-refractivity contribution in [2.24, 2.45) is 0 Å². The lowest BCUT2D eigenvalue weighted by atomic mass is 10.0. The molecule has 0 N–H and O–H groups in total. The predicted molar refractivity (Wildman–Crippen MR) is 123 cm³/mol. The molecule has 156 valence electrons. The van der Waals surface area contributed by atoms with Gasteiger partial charge in [-0.05, 0) is 73.4 Å². The standard InChI is InChI=1S/C26H28ClFN2/c1-29-16-14-25(15-17-29)30(19-23-4-2-3-5-26(23)27)18-20-6-8-21(9-7-20)22-10-12-24(28)13-11-22/h2-13,25H,14-19H2,1H3. The van der Waals surface area contributed by atoms with Crippen LogP contribution in [0.15, 0.2) is 72.8 Å². The van der Waals surface area contributed by atoms with Crippen molar-refractivity contribution in [2.75, 3.05) is 20.1 Å². The molecular formula is C26H28ClFN2. The summed E-state index contributed by atoms with van der Waals surface area (Å²) >= 11 is 6.47. The number of benzene rings is 3. The first-order valence-electron chi connectivity index (χ1n) is 10.6. The monoisotopic (exact) mass is 422 g/mol. The second kappa shape index (κ2) is 9.74. The topological polar surface area (TPSA) is 6.48 Å². The van der Waals surface area contributed by atoms with E-state index in [4.69, 9.17) is 11.6 Å². The zero-order valence-corrected chi connectivity index (χ0v) is 18.2. The van der Waals surface area contributed by atoms with Crippen molar-refractivity contribution >= 4 is 11.6 Å². The van der Waals surface area contributed by atoms with Crippen LogP contribution in [0.25, 0.3) is 11.1 Å². The Kier molecular flexibility index (Phi) is 6.83. The fourth-order valence-electron chi connectivity index (χ4n) is 4.20. The predicted octanol–water partition coefficient (Wildman–Crippen LogP) is 6.24. The smallest absolute Gasteiger partial charge is 0.123 e. The zero-order valence-electron chi connectivity index (χ0n) is 17.4. The number of hydrogen-bond donors (Lipinski definition) is 0. The number of likely N-dealkylation sites (tertiary alicyclic amines) is 1. The molecule has 0 bridgehead atoms. The highest BCUT2D eigenvalue weighted by atomic mass is 35.5. The third-order valence-electron chi connectivity index (χ3n) is 6.05. The molecule has 0 amide bonds. The van der Waals surface area contributed by atoms with Gasteiger partial charge in [0.25, 0.3) is 0 Å². The van der Waals surface area contributed by atoms with Gasteiger partial charge in [-0.25, -0.2) is 4.39 Å². The van der Waals surface area contributed by atoms with Crippen molar-refractivity contribution < 1.29 is 4.39 Å². The SMILES string of the molecule is CN1CCC(N(Cc2ccc(-c3ccc(F)cc3)cc2)Cc2ccccc2Cl)CC1. The van der Waals surface area contributed by atoms with Gasteiger partial charge in [0.15, 0.2) is 0 Å². The number of nitrogens with zero attached hydrogens (tertiary/aromatic N) is 2. The summed E-state index contributed by atoms with van der Waals surface area (Å²) in [6, 6.07) is 24.0. The number of halogens is 2. The van der Waals surface area contributed by atoms with Crippen molar-refractivity contribution in [1.82, 2.24) is 9.80 Å². The van der Waals surface area contributed by atoms with Crippen molar-refractivity contribution in [3.05, 3.63) is 94.8 Å². The van der Waals surface area contributed by atoms with Gasteiger partial charge < -0.3 is 4.90 Å². The van der Waals surface area contributed by atoms with Crippen molar-refractivity contribution in [2.45, 2.75) is 32.0 Å². The van der Waals surface area contributed by atoms with Gasteiger partial charge in [-0.1, -0.05) is 66.2 Å². The molecule has 2 nitrogen and oxygen atoms in total. The van der Waals surface area contributed by atoms with E-state index in [-0.39, 0.29) is 5.82 Å². The number of rotatable bonds is 6. The Balaban J connectivity index is 1.52. The molecule has 0 aliphatic carbocycles. The Hall–Kier alpha value is -2.20. The fourth-order valence-corrected chi connectivity index (χ4v) is 4.39. The first kappa shape index (κ1) is 21.0. The van der Waals surface area contributed by atoms with Gasteiger partial charge >= 0.3 is 0 Å². The number of piperidine rings is 1. The molecule has 1 fully saturated rings. The Morgan fingerprint density at radius 1 is 0.867 bits per heavy atom. The lowest BCUT2D eigenvalue weighted by Crippen LogP contribution is -2.43. The van der Waals surface area contributed by atoms with Crippen LogP contribution in [-0.4, -0.2) is 36.0 Å². The first-order valence-corrected chi connectivity index (χ1v) is 11.0. The van der Waals surface area contributed by atoms with E-state index in [2.05, 4.69) is 53.2 Å². The summed E-state index contributed by atoms with van der Waals surface area (Å²) < 4.78 is 13.2. The molecule has 1 saturated heterocycles. The van der Waals surface area contributed by atoms with Crippen LogP contribution >= 0.6 is 11.6 Å². The van der Waals surface area contributed by atoms with E-state index in [9.17, 15) is 4.39 Å². The molecule has 0 atom stereocenters. The molecule has 0 saturated carbocycles. The van der Waals surface area contributed by atoms with Gasteiger partial charge in [0, 0.05) is 24.2 Å². The first-order chi connectivity index (χ1) is 14.6. The maximum absolute atomic E-state index is 13.2. The summed E-state index contributed by atoms with van der Waals surface area (Å²) in [7, 11) is 2.20. The van der Waals surface area contributed by atoms with Crippen LogP contribution in [0.1, 0.15) is 24.0 Å². The van der Waals surface area contributed by atoms with Crippen molar-refractivity contribution in [1.29, 1.82) is 0 Å². The molecule has 1 aliphatic rings. The Morgan fingerprint density at radius 3 is 2.10 bits per heavy atom. The van der Waals surface area contributed by atoms with Gasteiger partial charge in [-0.3, -0.25) is 4.90 Å². The minimum atomic E-state index is -0.205. The van der Waals surface area contributed by atoms with E-state index in [0.29, 0.717) is 6.04 Å². The summed E-state index contributed by atoms with van der Waals surface area (Å²) in [4.78, 5) is 4.97. The van der Waals surface area contributed by atoms with E-state index >= 15 is 0 Å². The molecule has 0 unspecified atom stereocenters. The van der Waals surface area contributed by atoms with E-state index < -0.39 is 0 Å². The Labute approximate surface area is 183 Å².